The van der Waals surface area contributed by atoms with E-state index in [2.05, 4.69) is 22.6 Å². The Kier molecular flexibility index (Phi) is 5.94. The van der Waals surface area contributed by atoms with E-state index in [0.29, 0.717) is 31.0 Å². The molecule has 0 aromatic carbocycles. The molecule has 5 heteroatoms. The lowest BCUT2D eigenvalue weighted by molar-refractivity contribution is -0.141. The second kappa shape index (κ2) is 6.98. The van der Waals surface area contributed by atoms with Crippen LogP contribution in [0.4, 0.5) is 0 Å². The minimum absolute atomic E-state index is 0.253. The van der Waals surface area contributed by atoms with Gasteiger partial charge in [-0.15, -0.1) is 0 Å². The van der Waals surface area contributed by atoms with Crippen molar-refractivity contribution in [3.05, 3.63) is 12.2 Å². The minimum atomic E-state index is -0.308. The highest BCUT2D eigenvalue weighted by molar-refractivity contribution is 14.1. The molecule has 0 bridgehead atoms. The molecule has 4 nitrogen and oxygen atoms in total. The molecule has 0 radical (unpaired) electrons. The second-order valence-corrected chi connectivity index (χ2v) is 4.85. The number of allylic oxidation sites excluding steroid dienone is 1. The molecule has 0 unspecified atom stereocenters. The van der Waals surface area contributed by atoms with Gasteiger partial charge in [0.2, 0.25) is 0 Å². The molecule has 1 rings (SSSR count). The number of hydrogen-bond acceptors (Lipinski definition) is 4. The van der Waals surface area contributed by atoms with Crippen molar-refractivity contribution in [3.8, 4) is 0 Å². The molecule has 1 saturated carbocycles. The first-order valence-electron chi connectivity index (χ1n) is 5.64. The Morgan fingerprint density at radius 2 is 2.00 bits per heavy atom. The van der Waals surface area contributed by atoms with Crippen LogP contribution in [-0.2, 0) is 19.1 Å². The molecule has 17 heavy (non-hydrogen) atoms. The van der Waals surface area contributed by atoms with Gasteiger partial charge < -0.3 is 9.47 Å². The van der Waals surface area contributed by atoms with Crippen molar-refractivity contribution in [1.29, 1.82) is 0 Å². The third kappa shape index (κ3) is 4.65. The van der Waals surface area contributed by atoms with Crippen molar-refractivity contribution in [2.75, 3.05) is 17.6 Å². The number of rotatable bonds is 6. The Hall–Kier alpha value is -0.590. The van der Waals surface area contributed by atoms with E-state index in [4.69, 9.17) is 9.47 Å². The molecule has 0 N–H and O–H groups in total. The van der Waals surface area contributed by atoms with E-state index in [1.807, 2.05) is 6.08 Å². The molecule has 0 aromatic heterocycles. The number of hydrogen-bond donors (Lipinski definition) is 0. The topological polar surface area (TPSA) is 52.6 Å². The molecule has 0 saturated heterocycles. The van der Waals surface area contributed by atoms with Crippen molar-refractivity contribution in [2.24, 2.45) is 17.8 Å². The zero-order valence-corrected chi connectivity index (χ0v) is 12.2. The van der Waals surface area contributed by atoms with E-state index in [1.54, 1.807) is 6.92 Å². The van der Waals surface area contributed by atoms with E-state index in [0.717, 1.165) is 4.43 Å². The summed E-state index contributed by atoms with van der Waals surface area (Å²) in [5.74, 6) is 0.618. The Bertz CT molecular complexity index is 314. The molecular weight excluding hydrogens is 335 g/mol. The summed E-state index contributed by atoms with van der Waals surface area (Å²) < 4.78 is 10.8. The Morgan fingerprint density at radius 3 is 2.53 bits per heavy atom. The smallest absolute Gasteiger partial charge is 0.330 e. The largest absolute Gasteiger partial charge is 0.466 e. The Balaban J connectivity index is 2.38. The third-order valence-electron chi connectivity index (χ3n) is 2.80. The summed E-state index contributed by atoms with van der Waals surface area (Å²) in [6.07, 6.45) is 3.34. The summed E-state index contributed by atoms with van der Waals surface area (Å²) in [5, 5.41) is 0. The Morgan fingerprint density at radius 1 is 1.29 bits per heavy atom. The summed E-state index contributed by atoms with van der Waals surface area (Å²) in [7, 11) is 0. The molecule has 0 heterocycles. The summed E-state index contributed by atoms with van der Waals surface area (Å²) >= 11 is 2.31. The van der Waals surface area contributed by atoms with Crippen molar-refractivity contribution >= 4 is 34.5 Å². The first kappa shape index (κ1) is 14.5. The van der Waals surface area contributed by atoms with Gasteiger partial charge in [-0.2, -0.15) is 0 Å². The second-order valence-electron chi connectivity index (χ2n) is 3.97. The minimum Gasteiger partial charge on any atom is -0.466 e. The lowest BCUT2D eigenvalue weighted by Gasteiger charge is -1.98. The van der Waals surface area contributed by atoms with Crippen LogP contribution in [0.25, 0.3) is 0 Å². The molecule has 0 amide bonds. The van der Waals surface area contributed by atoms with Crippen LogP contribution in [0.1, 0.15) is 13.8 Å². The quantitative estimate of drug-likeness (QED) is 0.317. The van der Waals surface area contributed by atoms with Gasteiger partial charge in [-0.25, -0.2) is 4.79 Å². The van der Waals surface area contributed by atoms with E-state index in [1.165, 1.54) is 13.0 Å². The third-order valence-corrected chi connectivity index (χ3v) is 3.81. The van der Waals surface area contributed by atoms with Gasteiger partial charge in [0.05, 0.1) is 13.2 Å². The maximum absolute atomic E-state index is 11.1. The zero-order chi connectivity index (χ0) is 12.8. The summed E-state index contributed by atoms with van der Waals surface area (Å²) in [5.41, 5.74) is 0. The lowest BCUT2D eigenvalue weighted by atomic mass is 10.3. The molecular formula is C12H17IO4. The van der Waals surface area contributed by atoms with Crippen LogP contribution in [-0.4, -0.2) is 29.6 Å². The van der Waals surface area contributed by atoms with Crippen molar-refractivity contribution in [1.82, 2.24) is 0 Å². The molecule has 0 aliphatic heterocycles. The highest BCUT2D eigenvalue weighted by atomic mass is 127. The fourth-order valence-electron chi connectivity index (χ4n) is 1.81. The fraction of sp³-hybridized carbons (Fsp3) is 0.667. The van der Waals surface area contributed by atoms with Gasteiger partial charge in [0.15, 0.2) is 0 Å². The van der Waals surface area contributed by atoms with Crippen LogP contribution in [0.2, 0.25) is 0 Å². The highest BCUT2D eigenvalue weighted by Gasteiger charge is 2.47. The zero-order valence-electron chi connectivity index (χ0n) is 10.0. The highest BCUT2D eigenvalue weighted by Crippen LogP contribution is 2.48. The van der Waals surface area contributed by atoms with Gasteiger partial charge in [0, 0.05) is 23.3 Å². The first-order valence-corrected chi connectivity index (χ1v) is 7.17. The van der Waals surface area contributed by atoms with Gasteiger partial charge >= 0.3 is 11.9 Å². The number of ether oxygens (including phenoxy) is 2. The normalized spacial score (nSPS) is 26.9. The van der Waals surface area contributed by atoms with E-state index < -0.39 is 0 Å². The van der Waals surface area contributed by atoms with Crippen LogP contribution >= 0.6 is 22.6 Å². The predicted octanol–water partition coefficient (Wildman–Crippen LogP) is 1.97. The first-order chi connectivity index (χ1) is 8.10. The number of esters is 2. The van der Waals surface area contributed by atoms with Gasteiger partial charge in [-0.1, -0.05) is 28.7 Å². The van der Waals surface area contributed by atoms with Crippen LogP contribution in [0.15, 0.2) is 12.2 Å². The number of carbonyl (C=O) groups is 2. The molecule has 96 valence electrons. The SMILES string of the molecule is CCOC(=O)/C=C/[C@@H]1[C@@H](CI)[C@H]1COC(C)=O. The van der Waals surface area contributed by atoms with Crippen LogP contribution in [0, 0.1) is 17.8 Å². The Labute approximate surface area is 115 Å². The summed E-state index contributed by atoms with van der Waals surface area (Å²) in [6, 6.07) is 0. The lowest BCUT2D eigenvalue weighted by Crippen LogP contribution is -2.04. The molecule has 1 aliphatic rings. The van der Waals surface area contributed by atoms with E-state index in [9.17, 15) is 9.59 Å². The van der Waals surface area contributed by atoms with Crippen molar-refractivity contribution < 1.29 is 19.1 Å². The van der Waals surface area contributed by atoms with Gasteiger partial charge in [-0.05, 0) is 18.8 Å². The predicted molar refractivity (Wildman–Crippen MR) is 71.8 cm³/mol. The molecule has 1 aliphatic carbocycles. The number of carbonyl (C=O) groups excluding carboxylic acids is 2. The fourth-order valence-corrected chi connectivity index (χ4v) is 3.05. The molecule has 1 fully saturated rings. The average Bonchev–Trinajstić information content (AvgIpc) is 2.96. The van der Waals surface area contributed by atoms with Crippen LogP contribution < -0.4 is 0 Å². The molecule has 0 aromatic rings. The molecule has 3 atom stereocenters. The van der Waals surface area contributed by atoms with Crippen molar-refractivity contribution in [3.63, 3.8) is 0 Å². The number of halogens is 1. The average molecular weight is 352 g/mol. The number of alkyl halides is 1. The van der Waals surface area contributed by atoms with Gasteiger partial charge in [0.25, 0.3) is 0 Å². The van der Waals surface area contributed by atoms with Gasteiger partial charge in [0.1, 0.15) is 0 Å². The summed E-state index contributed by atoms with van der Waals surface area (Å²) in [4.78, 5) is 21.9. The van der Waals surface area contributed by atoms with E-state index in [-0.39, 0.29) is 11.9 Å². The maximum atomic E-state index is 11.1. The maximum Gasteiger partial charge on any atom is 0.330 e. The monoisotopic (exact) mass is 352 g/mol. The van der Waals surface area contributed by atoms with E-state index >= 15 is 0 Å². The molecule has 0 spiro atoms. The summed E-state index contributed by atoms with van der Waals surface area (Å²) in [6.45, 7) is 4.02. The van der Waals surface area contributed by atoms with Gasteiger partial charge in [-0.3, -0.25) is 4.79 Å². The van der Waals surface area contributed by atoms with Crippen molar-refractivity contribution in [2.45, 2.75) is 13.8 Å². The standard InChI is InChI=1S/C12H17IO4/c1-3-16-12(15)5-4-9-10(6-13)11(9)7-17-8(2)14/h4-5,9-11H,3,6-7H2,1-2H3/b5-4+/t9-,10-,11+/m1/s1. The van der Waals surface area contributed by atoms with Crippen LogP contribution in [0.3, 0.4) is 0 Å². The van der Waals surface area contributed by atoms with Crippen LogP contribution in [0.5, 0.6) is 0 Å².